The summed E-state index contributed by atoms with van der Waals surface area (Å²) in [5.41, 5.74) is 7.02. The summed E-state index contributed by atoms with van der Waals surface area (Å²) in [4.78, 5) is 21.4. The Bertz CT molecular complexity index is 1160. The number of carbonyl (C=O) groups excluding carboxylic acids is 1. The molecular weight excluding hydrogens is 340 g/mol. The number of fused-ring (bicyclic) bond motifs is 2. The van der Waals surface area contributed by atoms with Crippen LogP contribution in [0.15, 0.2) is 47.1 Å². The average Bonchev–Trinajstić information content (AvgIpc) is 3.02. The fraction of sp³-hybridized carbons (Fsp3) is 0.227. The van der Waals surface area contributed by atoms with Crippen LogP contribution in [-0.4, -0.2) is 15.9 Å². The van der Waals surface area contributed by atoms with Crippen molar-refractivity contribution in [1.29, 1.82) is 0 Å². The van der Waals surface area contributed by atoms with Crippen LogP contribution in [0, 0.1) is 20.8 Å². The first-order chi connectivity index (χ1) is 13.0. The van der Waals surface area contributed by atoms with Crippen molar-refractivity contribution in [2.75, 3.05) is 0 Å². The number of ether oxygens (including phenoxy) is 1. The number of para-hydroxylation sites is 2. The fourth-order valence-corrected chi connectivity index (χ4v) is 3.09. The van der Waals surface area contributed by atoms with Gasteiger partial charge in [-0.3, -0.25) is 4.79 Å². The van der Waals surface area contributed by atoms with E-state index in [1.165, 1.54) is 5.56 Å². The van der Waals surface area contributed by atoms with E-state index in [9.17, 15) is 4.79 Å². The van der Waals surface area contributed by atoms with Crippen molar-refractivity contribution >= 4 is 28.0 Å². The minimum absolute atomic E-state index is 0.108. The molecule has 0 N–H and O–H groups in total. The molecule has 0 atom stereocenters. The van der Waals surface area contributed by atoms with Crippen molar-refractivity contribution in [2.45, 2.75) is 33.8 Å². The van der Waals surface area contributed by atoms with Gasteiger partial charge >= 0.3 is 5.97 Å². The SMILES string of the molecule is Cc1cc2occ(CC(=O)OCc3nc4ccccc4nc3C)c2cc1C. The van der Waals surface area contributed by atoms with Gasteiger partial charge in [-0.2, -0.15) is 0 Å². The van der Waals surface area contributed by atoms with Gasteiger partial charge in [-0.25, -0.2) is 9.97 Å². The number of carbonyl (C=O) groups is 1. The molecule has 2 heterocycles. The molecule has 0 saturated heterocycles. The molecule has 0 fully saturated rings. The van der Waals surface area contributed by atoms with Gasteiger partial charge in [0.2, 0.25) is 0 Å². The van der Waals surface area contributed by atoms with Gasteiger partial charge in [-0.15, -0.1) is 0 Å². The normalized spacial score (nSPS) is 11.2. The third-order valence-corrected chi connectivity index (χ3v) is 4.82. The lowest BCUT2D eigenvalue weighted by molar-refractivity contribution is -0.144. The molecule has 0 saturated carbocycles. The molecule has 5 heteroatoms. The molecule has 0 spiro atoms. The summed E-state index contributed by atoms with van der Waals surface area (Å²) in [5, 5.41) is 0.955. The van der Waals surface area contributed by atoms with Crippen LogP contribution in [0.5, 0.6) is 0 Å². The van der Waals surface area contributed by atoms with Crippen molar-refractivity contribution in [1.82, 2.24) is 9.97 Å². The van der Waals surface area contributed by atoms with E-state index in [1.54, 1.807) is 6.26 Å². The Labute approximate surface area is 157 Å². The summed E-state index contributed by atoms with van der Waals surface area (Å²) in [6.07, 6.45) is 1.79. The van der Waals surface area contributed by atoms with Gasteiger partial charge in [-0.05, 0) is 56.2 Å². The van der Waals surface area contributed by atoms with Crippen LogP contribution in [0.3, 0.4) is 0 Å². The number of rotatable bonds is 4. The average molecular weight is 360 g/mol. The first kappa shape index (κ1) is 17.2. The van der Waals surface area contributed by atoms with Crippen molar-refractivity contribution in [3.8, 4) is 0 Å². The molecule has 27 heavy (non-hydrogen) atoms. The zero-order chi connectivity index (χ0) is 19.0. The Morgan fingerprint density at radius 1 is 1.04 bits per heavy atom. The molecule has 0 amide bonds. The zero-order valence-corrected chi connectivity index (χ0v) is 15.6. The topological polar surface area (TPSA) is 65.2 Å². The van der Waals surface area contributed by atoms with Crippen LogP contribution in [-0.2, 0) is 22.6 Å². The van der Waals surface area contributed by atoms with Gasteiger partial charge in [-0.1, -0.05) is 12.1 Å². The third-order valence-electron chi connectivity index (χ3n) is 4.82. The molecule has 5 nitrogen and oxygen atoms in total. The zero-order valence-electron chi connectivity index (χ0n) is 15.6. The molecule has 0 aliphatic rings. The third kappa shape index (κ3) is 3.40. The summed E-state index contributed by atoms with van der Waals surface area (Å²) in [7, 11) is 0. The minimum atomic E-state index is -0.315. The maximum absolute atomic E-state index is 12.3. The summed E-state index contributed by atoms with van der Waals surface area (Å²) >= 11 is 0. The number of furan rings is 1. The van der Waals surface area contributed by atoms with E-state index >= 15 is 0 Å². The molecule has 136 valence electrons. The second-order valence-corrected chi connectivity index (χ2v) is 6.78. The number of aryl methyl sites for hydroxylation is 3. The Morgan fingerprint density at radius 2 is 1.74 bits per heavy atom. The highest BCUT2D eigenvalue weighted by molar-refractivity contribution is 5.86. The predicted octanol–water partition coefficient (Wildman–Crippen LogP) is 4.59. The number of aromatic nitrogens is 2. The molecule has 0 bridgehead atoms. The predicted molar refractivity (Wildman–Crippen MR) is 103 cm³/mol. The number of nitrogens with zero attached hydrogens (tertiary/aromatic N) is 2. The molecule has 0 aliphatic carbocycles. The highest BCUT2D eigenvalue weighted by Gasteiger charge is 2.14. The van der Waals surface area contributed by atoms with E-state index in [-0.39, 0.29) is 19.0 Å². The second-order valence-electron chi connectivity index (χ2n) is 6.78. The summed E-state index contributed by atoms with van der Waals surface area (Å²) in [6.45, 7) is 6.07. The smallest absolute Gasteiger partial charge is 0.310 e. The first-order valence-corrected chi connectivity index (χ1v) is 8.86. The van der Waals surface area contributed by atoms with E-state index < -0.39 is 0 Å². The van der Waals surface area contributed by atoms with E-state index in [2.05, 4.69) is 16.0 Å². The molecule has 0 aliphatic heterocycles. The Morgan fingerprint density at radius 3 is 2.52 bits per heavy atom. The summed E-state index contributed by atoms with van der Waals surface area (Å²) < 4.78 is 11.0. The number of benzene rings is 2. The van der Waals surface area contributed by atoms with Gasteiger partial charge in [0.05, 0.1) is 35.1 Å². The first-order valence-electron chi connectivity index (χ1n) is 8.86. The maximum Gasteiger partial charge on any atom is 0.310 e. The minimum Gasteiger partial charge on any atom is -0.464 e. The lowest BCUT2D eigenvalue weighted by Crippen LogP contribution is -2.10. The highest BCUT2D eigenvalue weighted by Crippen LogP contribution is 2.25. The monoisotopic (exact) mass is 360 g/mol. The summed E-state index contributed by atoms with van der Waals surface area (Å²) in [5.74, 6) is -0.315. The molecule has 4 rings (SSSR count). The highest BCUT2D eigenvalue weighted by atomic mass is 16.5. The molecule has 0 unspecified atom stereocenters. The number of hydrogen-bond donors (Lipinski definition) is 0. The van der Waals surface area contributed by atoms with E-state index in [0.717, 1.165) is 38.8 Å². The Hall–Kier alpha value is -3.21. The van der Waals surface area contributed by atoms with Crippen LogP contribution in [0.4, 0.5) is 0 Å². The Kier molecular flexibility index (Phi) is 4.36. The molecule has 0 radical (unpaired) electrons. The van der Waals surface area contributed by atoms with E-state index in [1.807, 2.05) is 51.1 Å². The summed E-state index contributed by atoms with van der Waals surface area (Å²) in [6, 6.07) is 11.7. The van der Waals surface area contributed by atoms with E-state index in [0.29, 0.717) is 5.69 Å². The Balaban J connectivity index is 1.49. The van der Waals surface area contributed by atoms with Gasteiger partial charge in [0.1, 0.15) is 12.2 Å². The van der Waals surface area contributed by atoms with Crippen LogP contribution < -0.4 is 0 Å². The molecular formula is C22H20N2O3. The lowest BCUT2D eigenvalue weighted by atomic mass is 10.0. The van der Waals surface area contributed by atoms with Crippen molar-refractivity contribution < 1.29 is 13.9 Å². The van der Waals surface area contributed by atoms with Crippen LogP contribution in [0.2, 0.25) is 0 Å². The van der Waals surface area contributed by atoms with Crippen LogP contribution >= 0.6 is 0 Å². The maximum atomic E-state index is 12.3. The van der Waals surface area contributed by atoms with Crippen molar-refractivity contribution in [2.24, 2.45) is 0 Å². The largest absolute Gasteiger partial charge is 0.464 e. The van der Waals surface area contributed by atoms with Gasteiger partial charge in [0.25, 0.3) is 0 Å². The number of hydrogen-bond acceptors (Lipinski definition) is 5. The number of esters is 1. The van der Waals surface area contributed by atoms with Gasteiger partial charge in [0, 0.05) is 10.9 Å². The van der Waals surface area contributed by atoms with Crippen molar-refractivity contribution in [3.63, 3.8) is 0 Å². The standard InChI is InChI=1S/C22H20N2O3/c1-13-8-17-16(11-26-21(17)9-14(13)2)10-22(25)27-12-20-15(3)23-18-6-4-5-7-19(18)24-20/h4-9,11H,10,12H2,1-3H3. The second kappa shape index (κ2) is 6.83. The van der Waals surface area contributed by atoms with Crippen LogP contribution in [0.25, 0.3) is 22.0 Å². The molecule has 4 aromatic rings. The van der Waals surface area contributed by atoms with Gasteiger partial charge in [0.15, 0.2) is 0 Å². The quantitative estimate of drug-likeness (QED) is 0.498. The molecule has 2 aromatic heterocycles. The van der Waals surface area contributed by atoms with E-state index in [4.69, 9.17) is 9.15 Å². The van der Waals surface area contributed by atoms with Gasteiger partial charge < -0.3 is 9.15 Å². The lowest BCUT2D eigenvalue weighted by Gasteiger charge is -2.08. The fourth-order valence-electron chi connectivity index (χ4n) is 3.09. The van der Waals surface area contributed by atoms with Crippen LogP contribution in [0.1, 0.15) is 28.1 Å². The van der Waals surface area contributed by atoms with Crippen molar-refractivity contribution in [3.05, 3.63) is 70.7 Å². The molecule has 2 aromatic carbocycles.